The van der Waals surface area contributed by atoms with Gasteiger partial charge in [0.1, 0.15) is 5.75 Å². The van der Waals surface area contributed by atoms with Crippen molar-refractivity contribution in [3.63, 3.8) is 0 Å². The fourth-order valence-electron chi connectivity index (χ4n) is 4.19. The maximum atomic E-state index is 6.36. The van der Waals surface area contributed by atoms with Crippen LogP contribution in [-0.4, -0.2) is 17.5 Å². The first-order chi connectivity index (χ1) is 14.7. The zero-order valence-corrected chi connectivity index (χ0v) is 17.2. The Kier molecular flexibility index (Phi) is 4.08. The molecule has 3 aliphatic heterocycles. The Bertz CT molecular complexity index is 1200. The molecule has 3 heterocycles. The van der Waals surface area contributed by atoms with Crippen LogP contribution < -0.4 is 14.2 Å². The van der Waals surface area contributed by atoms with Crippen molar-refractivity contribution in [3.05, 3.63) is 87.4 Å². The van der Waals surface area contributed by atoms with E-state index in [0.717, 1.165) is 46.1 Å². The highest BCUT2D eigenvalue weighted by molar-refractivity contribution is 6.31. The summed E-state index contributed by atoms with van der Waals surface area (Å²) in [6.45, 7) is 0.247. The smallest absolute Gasteiger partial charge is 0.231 e. The number of rotatable bonds is 2. The molecule has 0 spiro atoms. The van der Waals surface area contributed by atoms with E-state index in [-0.39, 0.29) is 19.1 Å². The topological polar surface area (TPSA) is 43.3 Å². The van der Waals surface area contributed by atoms with Crippen LogP contribution in [-0.2, 0) is 0 Å². The molecule has 0 radical (unpaired) electrons. The lowest BCUT2D eigenvalue weighted by Crippen LogP contribution is -2.33. The van der Waals surface area contributed by atoms with Crippen molar-refractivity contribution >= 4 is 28.9 Å². The Hall–Kier alpha value is -2.89. The summed E-state index contributed by atoms with van der Waals surface area (Å²) in [5.41, 5.74) is 3.94. The molecule has 0 saturated carbocycles. The number of ether oxygens (including phenoxy) is 3. The molecule has 150 valence electrons. The molecule has 0 aliphatic carbocycles. The van der Waals surface area contributed by atoms with Crippen LogP contribution in [0.4, 0.5) is 0 Å². The first-order valence-electron chi connectivity index (χ1n) is 9.63. The van der Waals surface area contributed by atoms with Crippen molar-refractivity contribution in [2.24, 2.45) is 5.10 Å². The number of halogens is 2. The van der Waals surface area contributed by atoms with Crippen molar-refractivity contribution in [3.8, 4) is 17.2 Å². The minimum atomic E-state index is -0.381. The minimum absolute atomic E-state index is 0.0110. The van der Waals surface area contributed by atoms with Crippen molar-refractivity contribution < 1.29 is 14.2 Å². The van der Waals surface area contributed by atoms with Crippen LogP contribution in [0, 0.1) is 0 Å². The molecule has 3 aromatic carbocycles. The lowest BCUT2D eigenvalue weighted by Gasteiger charge is -2.38. The maximum Gasteiger partial charge on any atom is 0.231 e. The first-order valence-corrected chi connectivity index (χ1v) is 10.4. The summed E-state index contributed by atoms with van der Waals surface area (Å²) in [6.07, 6.45) is 0.349. The van der Waals surface area contributed by atoms with E-state index in [1.807, 2.05) is 65.7 Å². The van der Waals surface area contributed by atoms with Crippen LogP contribution in [0.15, 0.2) is 65.8 Å². The molecule has 0 amide bonds. The highest BCUT2D eigenvalue weighted by atomic mass is 35.5. The molecule has 0 bridgehead atoms. The molecule has 7 heteroatoms. The molecule has 5 nitrogen and oxygen atoms in total. The van der Waals surface area contributed by atoms with E-state index < -0.39 is 0 Å². The summed E-state index contributed by atoms with van der Waals surface area (Å²) >= 11 is 12.6. The van der Waals surface area contributed by atoms with E-state index in [0.29, 0.717) is 10.0 Å². The summed E-state index contributed by atoms with van der Waals surface area (Å²) < 4.78 is 17.3. The zero-order chi connectivity index (χ0) is 20.2. The Morgan fingerprint density at radius 1 is 0.867 bits per heavy atom. The Morgan fingerprint density at radius 2 is 1.70 bits per heavy atom. The number of hydrogen-bond acceptors (Lipinski definition) is 5. The standard InChI is InChI=1S/C23H16Cl2N2O3/c24-15-3-1-2-14(8-15)23-27-19(17-10-16(25)5-7-20(17)30-23)11-18(26-27)13-4-6-21-22(9-13)29-12-28-21/h1-10,19,23H,11-12H2/t19-,23+/m0/s1. The molecular formula is C23H16Cl2N2O3. The van der Waals surface area contributed by atoms with Crippen molar-refractivity contribution in [1.82, 2.24) is 5.01 Å². The molecule has 0 fully saturated rings. The predicted octanol–water partition coefficient (Wildman–Crippen LogP) is 5.96. The van der Waals surface area contributed by atoms with Gasteiger partial charge in [0, 0.05) is 33.2 Å². The summed E-state index contributed by atoms with van der Waals surface area (Å²) in [5, 5.41) is 8.31. The second-order valence-electron chi connectivity index (χ2n) is 7.42. The van der Waals surface area contributed by atoms with Crippen molar-refractivity contribution in [1.29, 1.82) is 0 Å². The lowest BCUT2D eigenvalue weighted by molar-refractivity contribution is -0.0190. The van der Waals surface area contributed by atoms with Crippen molar-refractivity contribution in [2.45, 2.75) is 18.7 Å². The van der Waals surface area contributed by atoms with Gasteiger partial charge in [-0.15, -0.1) is 0 Å². The van der Waals surface area contributed by atoms with Gasteiger partial charge in [0.25, 0.3) is 0 Å². The third-order valence-electron chi connectivity index (χ3n) is 5.59. The van der Waals surface area contributed by atoms with Gasteiger partial charge < -0.3 is 14.2 Å². The van der Waals surface area contributed by atoms with Crippen LogP contribution in [0.2, 0.25) is 10.0 Å². The Labute approximate surface area is 183 Å². The third-order valence-corrected chi connectivity index (χ3v) is 6.06. The molecule has 3 aliphatic rings. The van der Waals surface area contributed by atoms with E-state index in [1.165, 1.54) is 0 Å². The monoisotopic (exact) mass is 438 g/mol. The van der Waals surface area contributed by atoms with Crippen LogP contribution in [0.3, 0.4) is 0 Å². The molecule has 6 rings (SSSR count). The van der Waals surface area contributed by atoms with Gasteiger partial charge in [-0.1, -0.05) is 35.3 Å². The van der Waals surface area contributed by atoms with E-state index in [1.54, 1.807) is 0 Å². The van der Waals surface area contributed by atoms with Crippen LogP contribution >= 0.6 is 23.2 Å². The number of hydrogen-bond donors (Lipinski definition) is 0. The summed E-state index contributed by atoms with van der Waals surface area (Å²) in [7, 11) is 0. The minimum Gasteiger partial charge on any atom is -0.464 e. The fourth-order valence-corrected chi connectivity index (χ4v) is 4.57. The molecule has 0 N–H and O–H groups in total. The predicted molar refractivity (Wildman–Crippen MR) is 115 cm³/mol. The van der Waals surface area contributed by atoms with E-state index >= 15 is 0 Å². The van der Waals surface area contributed by atoms with Crippen LogP contribution in [0.25, 0.3) is 0 Å². The molecule has 0 unspecified atom stereocenters. The molecule has 0 saturated heterocycles. The average molecular weight is 439 g/mol. The summed E-state index contributed by atoms with van der Waals surface area (Å²) in [5.74, 6) is 2.31. The van der Waals surface area contributed by atoms with Gasteiger partial charge in [-0.25, -0.2) is 5.01 Å². The maximum absolute atomic E-state index is 6.36. The second kappa shape index (κ2) is 6.83. The second-order valence-corrected chi connectivity index (χ2v) is 8.29. The Balaban J connectivity index is 1.44. The van der Waals surface area contributed by atoms with Gasteiger partial charge in [-0.05, 0) is 48.5 Å². The average Bonchev–Trinajstić information content (AvgIpc) is 3.40. The fraction of sp³-hybridized carbons (Fsp3) is 0.174. The van der Waals surface area contributed by atoms with Gasteiger partial charge in [-0.3, -0.25) is 0 Å². The van der Waals surface area contributed by atoms with Gasteiger partial charge >= 0.3 is 0 Å². The van der Waals surface area contributed by atoms with Crippen molar-refractivity contribution in [2.75, 3.05) is 6.79 Å². The molecule has 2 atom stereocenters. The highest BCUT2D eigenvalue weighted by Gasteiger charge is 2.41. The summed E-state index contributed by atoms with van der Waals surface area (Å²) in [6, 6.07) is 19.3. The number of hydrazone groups is 1. The largest absolute Gasteiger partial charge is 0.464 e. The normalized spacial score (nSPS) is 21.0. The third kappa shape index (κ3) is 2.89. The number of benzene rings is 3. The molecule has 30 heavy (non-hydrogen) atoms. The van der Waals surface area contributed by atoms with E-state index in [4.69, 9.17) is 42.5 Å². The number of fused-ring (bicyclic) bond motifs is 4. The van der Waals surface area contributed by atoms with E-state index in [9.17, 15) is 0 Å². The number of nitrogens with zero attached hydrogens (tertiary/aromatic N) is 2. The molecule has 0 aromatic heterocycles. The summed E-state index contributed by atoms with van der Waals surface area (Å²) in [4.78, 5) is 0. The van der Waals surface area contributed by atoms with Crippen LogP contribution in [0.1, 0.15) is 35.4 Å². The van der Waals surface area contributed by atoms with E-state index in [2.05, 4.69) is 0 Å². The first kappa shape index (κ1) is 17.9. The quantitative estimate of drug-likeness (QED) is 0.494. The van der Waals surface area contributed by atoms with Gasteiger partial charge in [0.2, 0.25) is 13.0 Å². The lowest BCUT2D eigenvalue weighted by atomic mass is 9.95. The van der Waals surface area contributed by atoms with Gasteiger partial charge in [0.05, 0.1) is 11.8 Å². The SMILES string of the molecule is Clc1cccc([C@H]2Oc3ccc(Cl)cc3[C@@H]3CC(c4ccc5c(c4)OCO5)=NN23)c1. The Morgan fingerprint density at radius 3 is 2.60 bits per heavy atom. The molecule has 3 aromatic rings. The zero-order valence-electron chi connectivity index (χ0n) is 15.7. The van der Waals surface area contributed by atoms with Crippen LogP contribution in [0.5, 0.6) is 17.2 Å². The molecular weight excluding hydrogens is 423 g/mol. The van der Waals surface area contributed by atoms with Gasteiger partial charge in [-0.2, -0.15) is 5.10 Å². The van der Waals surface area contributed by atoms with Gasteiger partial charge in [0.15, 0.2) is 11.5 Å². The highest BCUT2D eigenvalue weighted by Crippen LogP contribution is 2.48.